The molecule has 0 spiro atoms. The van der Waals surface area contributed by atoms with Crippen LogP contribution < -0.4 is 0 Å². The summed E-state index contributed by atoms with van der Waals surface area (Å²) in [5.74, 6) is 3.34. The van der Waals surface area contributed by atoms with Crippen molar-refractivity contribution in [3.05, 3.63) is 22.3 Å². The fraction of sp³-hybridized carbons (Fsp3) is 0.750. The third-order valence-electron chi connectivity index (χ3n) is 7.61. The zero-order chi connectivity index (χ0) is 15.5. The van der Waals surface area contributed by atoms with Crippen LogP contribution in [0, 0.1) is 29.1 Å². The van der Waals surface area contributed by atoms with Crippen molar-refractivity contribution in [3.8, 4) is 0 Å². The molecule has 0 saturated heterocycles. The third kappa shape index (κ3) is 1.94. The molecule has 3 saturated carbocycles. The summed E-state index contributed by atoms with van der Waals surface area (Å²) in [5, 5.41) is 0.614. The Morgan fingerprint density at radius 1 is 1.09 bits per heavy atom. The smallest absolute Gasteiger partial charge is 0.174 e. The van der Waals surface area contributed by atoms with Crippen LogP contribution in [0.3, 0.4) is 0 Å². The number of allylic oxidation sites excluding steroid dienone is 3. The largest absolute Gasteiger partial charge is 0.293 e. The van der Waals surface area contributed by atoms with E-state index in [2.05, 4.69) is 19.9 Å². The number of carbonyl (C=O) groups excluding carboxylic acids is 1. The summed E-state index contributed by atoms with van der Waals surface area (Å²) in [6, 6.07) is 0. The van der Waals surface area contributed by atoms with Gasteiger partial charge in [-0.2, -0.15) is 0 Å². The summed E-state index contributed by atoms with van der Waals surface area (Å²) >= 11 is 6.38. The molecule has 4 rings (SSSR count). The van der Waals surface area contributed by atoms with Crippen LogP contribution in [0.4, 0.5) is 0 Å². The number of Topliss-reactive ketones (excluding diaryl/α,β-unsaturated/α-hetero) is 1. The van der Waals surface area contributed by atoms with Crippen molar-refractivity contribution in [3.63, 3.8) is 0 Å². The van der Waals surface area contributed by atoms with Crippen LogP contribution in [-0.2, 0) is 4.79 Å². The highest BCUT2D eigenvalue weighted by molar-refractivity contribution is 6.43. The topological polar surface area (TPSA) is 17.1 Å². The molecule has 120 valence electrons. The van der Waals surface area contributed by atoms with Gasteiger partial charge in [-0.15, -0.1) is 0 Å². The number of halogens is 1. The van der Waals surface area contributed by atoms with Gasteiger partial charge in [0.05, 0.1) is 5.03 Å². The molecule has 3 fully saturated rings. The molecule has 2 heteroatoms. The highest BCUT2D eigenvalue weighted by Crippen LogP contribution is 2.63. The minimum atomic E-state index is 0.198. The molecule has 4 aliphatic rings. The van der Waals surface area contributed by atoms with Crippen LogP contribution in [0.15, 0.2) is 22.3 Å². The lowest BCUT2D eigenvalue weighted by Crippen LogP contribution is -2.45. The molecule has 0 bridgehead atoms. The second-order valence-corrected chi connectivity index (χ2v) is 8.57. The van der Waals surface area contributed by atoms with Crippen LogP contribution >= 0.6 is 11.6 Å². The molecular formula is C20H27ClO. The maximum atomic E-state index is 11.9. The third-order valence-corrected chi connectivity index (χ3v) is 8.06. The highest BCUT2D eigenvalue weighted by Gasteiger charge is 2.54. The van der Waals surface area contributed by atoms with Crippen LogP contribution in [-0.4, -0.2) is 5.78 Å². The van der Waals surface area contributed by atoms with Gasteiger partial charge in [0.2, 0.25) is 0 Å². The molecule has 0 radical (unpaired) electrons. The average Bonchev–Trinajstić information content (AvgIpc) is 2.87. The Bertz CT molecular complexity index is 572. The van der Waals surface area contributed by atoms with Gasteiger partial charge in [0, 0.05) is 6.42 Å². The van der Waals surface area contributed by atoms with Crippen molar-refractivity contribution in [2.45, 2.75) is 65.2 Å². The predicted octanol–water partition coefficient (Wildman–Crippen LogP) is 5.64. The van der Waals surface area contributed by atoms with Gasteiger partial charge < -0.3 is 0 Å². The Morgan fingerprint density at radius 3 is 2.68 bits per heavy atom. The van der Waals surface area contributed by atoms with E-state index < -0.39 is 0 Å². The van der Waals surface area contributed by atoms with Gasteiger partial charge >= 0.3 is 0 Å². The van der Waals surface area contributed by atoms with E-state index in [0.717, 1.165) is 30.6 Å². The first kappa shape index (κ1) is 15.0. The van der Waals surface area contributed by atoms with E-state index in [1.165, 1.54) is 37.7 Å². The van der Waals surface area contributed by atoms with Crippen LogP contribution in [0.1, 0.15) is 65.2 Å². The number of fused-ring (bicyclic) bond motifs is 5. The Kier molecular flexibility index (Phi) is 3.56. The number of rotatable bonds is 0. The van der Waals surface area contributed by atoms with Gasteiger partial charge in [-0.25, -0.2) is 0 Å². The van der Waals surface area contributed by atoms with Gasteiger partial charge in [-0.05, 0) is 86.5 Å². The Labute approximate surface area is 139 Å². The fourth-order valence-electron chi connectivity index (χ4n) is 6.56. The number of ketones is 1. The van der Waals surface area contributed by atoms with E-state index in [9.17, 15) is 4.79 Å². The van der Waals surface area contributed by atoms with E-state index >= 15 is 0 Å². The van der Waals surface area contributed by atoms with Crippen molar-refractivity contribution >= 4 is 17.4 Å². The first-order valence-electron chi connectivity index (χ1n) is 9.13. The Balaban J connectivity index is 1.66. The lowest BCUT2D eigenvalue weighted by Gasteiger charge is -2.53. The second kappa shape index (κ2) is 5.23. The second-order valence-electron chi connectivity index (χ2n) is 8.19. The normalized spacial score (nSPS) is 46.5. The van der Waals surface area contributed by atoms with Gasteiger partial charge in [0.25, 0.3) is 0 Å². The molecular weight excluding hydrogens is 292 g/mol. The maximum Gasteiger partial charge on any atom is 0.174 e. The zero-order valence-electron chi connectivity index (χ0n) is 13.8. The van der Waals surface area contributed by atoms with Crippen molar-refractivity contribution < 1.29 is 4.79 Å². The molecule has 0 aromatic rings. The summed E-state index contributed by atoms with van der Waals surface area (Å²) in [6.45, 7) is 4.75. The molecule has 0 unspecified atom stereocenters. The molecule has 0 N–H and O–H groups in total. The summed E-state index contributed by atoms with van der Waals surface area (Å²) < 4.78 is 0. The summed E-state index contributed by atoms with van der Waals surface area (Å²) in [7, 11) is 0. The molecule has 4 aliphatic carbocycles. The lowest BCUT2D eigenvalue weighted by atomic mass is 9.52. The van der Waals surface area contributed by atoms with Crippen LogP contribution in [0.25, 0.3) is 0 Å². The van der Waals surface area contributed by atoms with Crippen LogP contribution in [0.2, 0.25) is 0 Å². The average molecular weight is 319 g/mol. The minimum absolute atomic E-state index is 0.198. The van der Waals surface area contributed by atoms with Crippen molar-refractivity contribution in [1.82, 2.24) is 0 Å². The van der Waals surface area contributed by atoms with E-state index in [1.807, 2.05) is 0 Å². The van der Waals surface area contributed by atoms with Crippen molar-refractivity contribution in [2.75, 3.05) is 0 Å². The quantitative estimate of drug-likeness (QED) is 0.528. The number of carbonyl (C=O) groups is 1. The lowest BCUT2D eigenvalue weighted by molar-refractivity contribution is -0.116. The molecule has 0 amide bonds. The highest BCUT2D eigenvalue weighted by atomic mass is 35.5. The van der Waals surface area contributed by atoms with E-state index in [-0.39, 0.29) is 5.78 Å². The Morgan fingerprint density at radius 2 is 1.91 bits per heavy atom. The van der Waals surface area contributed by atoms with Crippen LogP contribution in [0.5, 0.6) is 0 Å². The SMILES string of the molecule is C/C=C1/CC[C@H]2[C@@H]3CCC4=C(Cl)C(=O)CC[C@@H]4[C@H]3CC[C@]12C. The van der Waals surface area contributed by atoms with Crippen molar-refractivity contribution in [1.29, 1.82) is 0 Å². The molecule has 0 aliphatic heterocycles. The van der Waals surface area contributed by atoms with E-state index in [0.29, 0.717) is 22.8 Å². The number of hydrogen-bond acceptors (Lipinski definition) is 1. The van der Waals surface area contributed by atoms with Crippen molar-refractivity contribution in [2.24, 2.45) is 29.1 Å². The zero-order valence-corrected chi connectivity index (χ0v) is 14.6. The molecule has 22 heavy (non-hydrogen) atoms. The molecule has 0 aromatic carbocycles. The molecule has 0 aromatic heterocycles. The molecule has 1 nitrogen and oxygen atoms in total. The molecule has 5 atom stereocenters. The summed E-state index contributed by atoms with van der Waals surface area (Å²) in [4.78, 5) is 11.9. The monoisotopic (exact) mass is 318 g/mol. The molecule has 0 heterocycles. The summed E-state index contributed by atoms with van der Waals surface area (Å²) in [5.41, 5.74) is 3.51. The number of hydrogen-bond donors (Lipinski definition) is 0. The first-order chi connectivity index (χ1) is 10.6. The van der Waals surface area contributed by atoms with Gasteiger partial charge in [-0.3, -0.25) is 4.79 Å². The summed E-state index contributed by atoms with van der Waals surface area (Å²) in [6.07, 6.45) is 11.8. The first-order valence-corrected chi connectivity index (χ1v) is 9.51. The predicted molar refractivity (Wildman–Crippen MR) is 90.6 cm³/mol. The standard InChI is InChI=1S/C20H27ClO/c1-3-12-4-8-17-15-5-6-16-13(7-9-18(22)19(16)21)14(15)10-11-20(12,17)2/h3,13-15,17H,4-11H2,1-2H3/b12-3-/t13-,14-,15-,17+,20-/m1/s1. The van der Waals surface area contributed by atoms with Gasteiger partial charge in [0.15, 0.2) is 5.78 Å². The fourth-order valence-corrected chi connectivity index (χ4v) is 6.89. The van der Waals surface area contributed by atoms with E-state index in [1.54, 1.807) is 5.57 Å². The van der Waals surface area contributed by atoms with E-state index in [4.69, 9.17) is 11.6 Å². The Hall–Kier alpha value is -0.560. The maximum absolute atomic E-state index is 11.9. The van der Waals surface area contributed by atoms with Gasteiger partial charge in [0.1, 0.15) is 0 Å². The van der Waals surface area contributed by atoms with Gasteiger partial charge in [-0.1, -0.05) is 30.2 Å². The minimum Gasteiger partial charge on any atom is -0.293 e.